The first-order chi connectivity index (χ1) is 8.58. The molecule has 0 aliphatic carbocycles. The van der Waals surface area contributed by atoms with E-state index < -0.39 is 0 Å². The van der Waals surface area contributed by atoms with Crippen molar-refractivity contribution in [2.24, 2.45) is 5.92 Å². The van der Waals surface area contributed by atoms with Crippen LogP contribution >= 0.6 is 0 Å². The Kier molecular flexibility index (Phi) is 3.75. The summed E-state index contributed by atoms with van der Waals surface area (Å²) in [5.41, 5.74) is 8.27. The molecule has 1 aliphatic heterocycles. The van der Waals surface area contributed by atoms with Crippen molar-refractivity contribution < 1.29 is 4.79 Å². The zero-order chi connectivity index (χ0) is 13.1. The minimum absolute atomic E-state index is 0.0180. The maximum atomic E-state index is 12.1. The molecule has 0 saturated carbocycles. The van der Waals surface area contributed by atoms with E-state index in [0.29, 0.717) is 5.69 Å². The molecule has 2 amide bonds. The number of nitrogens with zero attached hydrogens (tertiary/aromatic N) is 1. The van der Waals surface area contributed by atoms with E-state index in [-0.39, 0.29) is 6.03 Å². The lowest BCUT2D eigenvalue weighted by Crippen LogP contribution is -2.40. The molecule has 4 heteroatoms. The first-order valence-electron chi connectivity index (χ1n) is 6.49. The van der Waals surface area contributed by atoms with Crippen LogP contribution in [0.3, 0.4) is 0 Å². The Morgan fingerprint density at radius 2 is 2.06 bits per heavy atom. The molecular weight excluding hydrogens is 226 g/mol. The molecule has 1 saturated heterocycles. The van der Waals surface area contributed by atoms with Gasteiger partial charge in [0.15, 0.2) is 0 Å². The number of nitrogens with two attached hydrogens (primary N) is 1. The van der Waals surface area contributed by atoms with E-state index in [9.17, 15) is 4.79 Å². The van der Waals surface area contributed by atoms with Gasteiger partial charge in [-0.2, -0.15) is 0 Å². The summed E-state index contributed by atoms with van der Waals surface area (Å²) in [6, 6.07) is 5.57. The molecule has 0 bridgehead atoms. The van der Waals surface area contributed by atoms with Gasteiger partial charge in [0.1, 0.15) is 0 Å². The summed E-state index contributed by atoms with van der Waals surface area (Å²) in [7, 11) is 0. The fraction of sp³-hybridized carbons (Fsp3) is 0.500. The Morgan fingerprint density at radius 1 is 1.39 bits per heavy atom. The van der Waals surface area contributed by atoms with Gasteiger partial charge in [0, 0.05) is 24.5 Å². The summed E-state index contributed by atoms with van der Waals surface area (Å²) >= 11 is 0. The molecule has 0 aromatic heterocycles. The molecule has 0 atom stereocenters. The average Bonchev–Trinajstić information content (AvgIpc) is 2.36. The number of rotatable bonds is 1. The van der Waals surface area contributed by atoms with Crippen molar-refractivity contribution in [2.75, 3.05) is 24.1 Å². The fourth-order valence-electron chi connectivity index (χ4n) is 2.19. The Hall–Kier alpha value is -1.71. The van der Waals surface area contributed by atoms with Crippen molar-refractivity contribution in [2.45, 2.75) is 26.7 Å². The fourth-order valence-corrected chi connectivity index (χ4v) is 2.19. The number of anilines is 2. The van der Waals surface area contributed by atoms with Crippen LogP contribution in [0.5, 0.6) is 0 Å². The number of likely N-dealkylation sites (tertiary alicyclic amines) is 1. The van der Waals surface area contributed by atoms with Crippen LogP contribution in [0.15, 0.2) is 18.2 Å². The number of hydrogen-bond acceptors (Lipinski definition) is 2. The van der Waals surface area contributed by atoms with Gasteiger partial charge in [-0.1, -0.05) is 13.0 Å². The van der Waals surface area contributed by atoms with Crippen molar-refractivity contribution >= 4 is 17.4 Å². The van der Waals surface area contributed by atoms with E-state index in [1.807, 2.05) is 30.0 Å². The van der Waals surface area contributed by atoms with Gasteiger partial charge < -0.3 is 16.0 Å². The molecule has 0 radical (unpaired) electrons. The largest absolute Gasteiger partial charge is 0.398 e. The Bertz CT molecular complexity index is 437. The van der Waals surface area contributed by atoms with Crippen LogP contribution in [0.2, 0.25) is 0 Å². The number of piperidine rings is 1. The topological polar surface area (TPSA) is 58.4 Å². The average molecular weight is 247 g/mol. The molecule has 18 heavy (non-hydrogen) atoms. The molecule has 4 nitrogen and oxygen atoms in total. The van der Waals surface area contributed by atoms with Gasteiger partial charge in [0.25, 0.3) is 0 Å². The second kappa shape index (κ2) is 5.29. The summed E-state index contributed by atoms with van der Waals surface area (Å²) in [6.45, 7) is 5.84. The zero-order valence-corrected chi connectivity index (χ0v) is 11.1. The highest BCUT2D eigenvalue weighted by Gasteiger charge is 2.20. The van der Waals surface area contributed by atoms with E-state index in [4.69, 9.17) is 5.73 Å². The van der Waals surface area contributed by atoms with Gasteiger partial charge in [-0.05, 0) is 43.4 Å². The highest BCUT2D eigenvalue weighted by atomic mass is 16.2. The normalized spacial score (nSPS) is 16.7. The number of carbonyl (C=O) groups is 1. The second-order valence-electron chi connectivity index (χ2n) is 5.12. The van der Waals surface area contributed by atoms with Crippen LogP contribution in [0.25, 0.3) is 0 Å². The number of amides is 2. The lowest BCUT2D eigenvalue weighted by molar-refractivity contribution is 0.186. The summed E-state index contributed by atoms with van der Waals surface area (Å²) in [5.74, 6) is 0.725. The maximum Gasteiger partial charge on any atom is 0.321 e. The quantitative estimate of drug-likeness (QED) is 0.750. The monoisotopic (exact) mass is 247 g/mol. The highest BCUT2D eigenvalue weighted by Crippen LogP contribution is 2.22. The summed E-state index contributed by atoms with van der Waals surface area (Å²) in [6.07, 6.45) is 2.17. The molecule has 0 spiro atoms. The predicted molar refractivity (Wildman–Crippen MR) is 74.6 cm³/mol. The van der Waals surface area contributed by atoms with Gasteiger partial charge in [-0.15, -0.1) is 0 Å². The Balaban J connectivity index is 2.01. The minimum Gasteiger partial charge on any atom is -0.398 e. The molecule has 0 unspecified atom stereocenters. The number of urea groups is 1. The SMILES string of the molecule is Cc1c(N)cccc1NC(=O)N1CCC(C)CC1. The van der Waals surface area contributed by atoms with Crippen LogP contribution in [0.1, 0.15) is 25.3 Å². The van der Waals surface area contributed by atoms with E-state index in [2.05, 4.69) is 12.2 Å². The molecule has 1 aromatic carbocycles. The lowest BCUT2D eigenvalue weighted by Gasteiger charge is -2.30. The summed E-state index contributed by atoms with van der Waals surface area (Å²) in [4.78, 5) is 14.0. The van der Waals surface area contributed by atoms with Crippen molar-refractivity contribution in [3.8, 4) is 0 Å². The summed E-state index contributed by atoms with van der Waals surface area (Å²) in [5, 5.41) is 2.94. The molecule has 1 heterocycles. The molecule has 1 fully saturated rings. The van der Waals surface area contributed by atoms with Crippen LogP contribution in [0, 0.1) is 12.8 Å². The van der Waals surface area contributed by atoms with E-state index in [0.717, 1.165) is 43.1 Å². The van der Waals surface area contributed by atoms with Crippen LogP contribution in [-0.4, -0.2) is 24.0 Å². The molecule has 3 N–H and O–H groups in total. The van der Waals surface area contributed by atoms with Crippen LogP contribution in [0.4, 0.5) is 16.2 Å². The molecular formula is C14H21N3O. The third-order valence-electron chi connectivity index (χ3n) is 3.69. The first-order valence-corrected chi connectivity index (χ1v) is 6.49. The zero-order valence-electron chi connectivity index (χ0n) is 11.1. The lowest BCUT2D eigenvalue weighted by atomic mass is 10.00. The molecule has 98 valence electrons. The molecule has 1 aliphatic rings. The number of benzene rings is 1. The number of hydrogen-bond donors (Lipinski definition) is 2. The predicted octanol–water partition coefficient (Wildman–Crippen LogP) is 2.84. The first kappa shape index (κ1) is 12.7. The standard InChI is InChI=1S/C14H21N3O/c1-10-6-8-17(9-7-10)14(18)16-13-5-3-4-12(15)11(13)2/h3-5,10H,6-9,15H2,1-2H3,(H,16,18). The van der Waals surface area contributed by atoms with Gasteiger partial charge in [0.2, 0.25) is 0 Å². The maximum absolute atomic E-state index is 12.1. The number of carbonyl (C=O) groups excluding carboxylic acids is 1. The van der Waals surface area contributed by atoms with Gasteiger partial charge in [-0.3, -0.25) is 0 Å². The number of nitrogens with one attached hydrogen (secondary N) is 1. The van der Waals surface area contributed by atoms with E-state index in [1.54, 1.807) is 0 Å². The van der Waals surface area contributed by atoms with Crippen molar-refractivity contribution in [1.82, 2.24) is 4.90 Å². The van der Waals surface area contributed by atoms with Crippen molar-refractivity contribution in [1.29, 1.82) is 0 Å². The third kappa shape index (κ3) is 2.75. The molecule has 1 aromatic rings. The van der Waals surface area contributed by atoms with Crippen molar-refractivity contribution in [3.63, 3.8) is 0 Å². The van der Waals surface area contributed by atoms with Crippen molar-refractivity contribution in [3.05, 3.63) is 23.8 Å². The molecule has 2 rings (SSSR count). The highest BCUT2D eigenvalue weighted by molar-refractivity contribution is 5.91. The Morgan fingerprint density at radius 3 is 2.72 bits per heavy atom. The smallest absolute Gasteiger partial charge is 0.321 e. The number of nitrogen functional groups attached to an aromatic ring is 1. The minimum atomic E-state index is -0.0180. The van der Waals surface area contributed by atoms with E-state index >= 15 is 0 Å². The van der Waals surface area contributed by atoms with Crippen LogP contribution < -0.4 is 11.1 Å². The van der Waals surface area contributed by atoms with E-state index in [1.165, 1.54) is 0 Å². The Labute approximate surface area is 108 Å². The van der Waals surface area contributed by atoms with Gasteiger partial charge in [-0.25, -0.2) is 4.79 Å². The van der Waals surface area contributed by atoms with Crippen LogP contribution in [-0.2, 0) is 0 Å². The third-order valence-corrected chi connectivity index (χ3v) is 3.69. The van der Waals surface area contributed by atoms with Gasteiger partial charge in [0.05, 0.1) is 0 Å². The second-order valence-corrected chi connectivity index (χ2v) is 5.12. The van der Waals surface area contributed by atoms with Gasteiger partial charge >= 0.3 is 6.03 Å². The summed E-state index contributed by atoms with van der Waals surface area (Å²) < 4.78 is 0.